The normalized spacial score (nSPS) is 10.2. The summed E-state index contributed by atoms with van der Waals surface area (Å²) in [5.41, 5.74) is 1.03. The first-order valence-corrected chi connectivity index (χ1v) is 5.59. The molecule has 1 heterocycles. The molecule has 13 heavy (non-hydrogen) atoms. The summed E-state index contributed by atoms with van der Waals surface area (Å²) in [6, 6.07) is 9.85. The van der Waals surface area contributed by atoms with Crippen molar-refractivity contribution in [1.82, 2.24) is 4.98 Å². The highest BCUT2D eigenvalue weighted by Crippen LogP contribution is 2.26. The molecule has 4 heteroatoms. The van der Waals surface area contributed by atoms with E-state index in [0.29, 0.717) is 5.22 Å². The van der Waals surface area contributed by atoms with Gasteiger partial charge in [-0.05, 0) is 10.8 Å². The van der Waals surface area contributed by atoms with Gasteiger partial charge in [0.1, 0.15) is 0 Å². The van der Waals surface area contributed by atoms with Gasteiger partial charge in [0.05, 0.1) is 6.20 Å². The predicted octanol–water partition coefficient (Wildman–Crippen LogP) is 3.28. The Morgan fingerprint density at radius 3 is 2.62 bits per heavy atom. The minimum atomic E-state index is 0.571. The Balaban J connectivity index is 2.36. The SMILES string of the molecule is SSc1ncc(-c2ccccc2)o1. The highest BCUT2D eigenvalue weighted by Gasteiger charge is 2.03. The van der Waals surface area contributed by atoms with E-state index in [1.165, 1.54) is 10.8 Å². The van der Waals surface area contributed by atoms with Crippen molar-refractivity contribution in [3.8, 4) is 11.3 Å². The third-order valence-corrected chi connectivity index (χ3v) is 2.43. The van der Waals surface area contributed by atoms with E-state index in [4.69, 9.17) is 4.42 Å². The van der Waals surface area contributed by atoms with E-state index in [1.807, 2.05) is 30.3 Å². The van der Waals surface area contributed by atoms with Crippen LogP contribution in [0.1, 0.15) is 0 Å². The molecule has 0 amide bonds. The average Bonchev–Trinajstić information content (AvgIpc) is 2.67. The fraction of sp³-hybridized carbons (Fsp3) is 0. The Morgan fingerprint density at radius 1 is 1.23 bits per heavy atom. The molecule has 0 aliphatic rings. The van der Waals surface area contributed by atoms with Crippen molar-refractivity contribution in [2.45, 2.75) is 5.22 Å². The molecule has 2 rings (SSSR count). The van der Waals surface area contributed by atoms with E-state index >= 15 is 0 Å². The van der Waals surface area contributed by atoms with Crippen molar-refractivity contribution >= 4 is 22.5 Å². The number of hydrogen-bond donors (Lipinski definition) is 1. The standard InChI is InChI=1S/C9H7NOS2/c12-13-9-10-6-8(11-9)7-4-2-1-3-5-7/h1-6,12H. The van der Waals surface area contributed by atoms with Gasteiger partial charge >= 0.3 is 0 Å². The summed E-state index contributed by atoms with van der Waals surface area (Å²) in [7, 11) is 1.20. The van der Waals surface area contributed by atoms with E-state index < -0.39 is 0 Å². The van der Waals surface area contributed by atoms with Gasteiger partial charge in [0.2, 0.25) is 0 Å². The summed E-state index contributed by atoms with van der Waals surface area (Å²) in [6.45, 7) is 0. The molecule has 2 aromatic rings. The molecule has 0 atom stereocenters. The summed E-state index contributed by atoms with van der Waals surface area (Å²) >= 11 is 4.00. The lowest BCUT2D eigenvalue weighted by atomic mass is 10.2. The van der Waals surface area contributed by atoms with E-state index in [-0.39, 0.29) is 0 Å². The zero-order valence-electron chi connectivity index (χ0n) is 6.68. The first kappa shape index (κ1) is 8.72. The second kappa shape index (κ2) is 3.89. The Kier molecular flexibility index (Phi) is 2.61. The van der Waals surface area contributed by atoms with Crippen molar-refractivity contribution < 1.29 is 4.42 Å². The van der Waals surface area contributed by atoms with Crippen molar-refractivity contribution in [1.29, 1.82) is 0 Å². The van der Waals surface area contributed by atoms with Gasteiger partial charge in [-0.1, -0.05) is 30.3 Å². The van der Waals surface area contributed by atoms with Gasteiger partial charge in [-0.2, -0.15) is 0 Å². The number of hydrogen-bond acceptors (Lipinski definition) is 4. The Labute approximate surface area is 85.2 Å². The first-order chi connectivity index (χ1) is 6.40. The first-order valence-electron chi connectivity index (χ1n) is 3.73. The zero-order chi connectivity index (χ0) is 9.10. The lowest BCUT2D eigenvalue weighted by Crippen LogP contribution is -1.69. The van der Waals surface area contributed by atoms with Gasteiger partial charge in [0.25, 0.3) is 5.22 Å². The maximum absolute atomic E-state index is 5.39. The van der Waals surface area contributed by atoms with Crippen LogP contribution in [0.15, 0.2) is 46.2 Å². The molecule has 0 aliphatic heterocycles. The predicted molar refractivity (Wildman–Crippen MR) is 56.8 cm³/mol. The quantitative estimate of drug-likeness (QED) is 0.607. The number of benzene rings is 1. The van der Waals surface area contributed by atoms with Crippen molar-refractivity contribution in [2.24, 2.45) is 0 Å². The fourth-order valence-electron chi connectivity index (χ4n) is 1.04. The van der Waals surface area contributed by atoms with Crippen LogP contribution in [0.2, 0.25) is 0 Å². The van der Waals surface area contributed by atoms with E-state index in [1.54, 1.807) is 6.20 Å². The van der Waals surface area contributed by atoms with Gasteiger partial charge in [0, 0.05) is 5.56 Å². The lowest BCUT2D eigenvalue weighted by Gasteiger charge is -1.92. The summed E-state index contributed by atoms with van der Waals surface area (Å²) in [4.78, 5) is 4.03. The van der Waals surface area contributed by atoms with Crippen LogP contribution in [-0.4, -0.2) is 4.98 Å². The number of oxazole rings is 1. The second-order valence-electron chi connectivity index (χ2n) is 2.45. The van der Waals surface area contributed by atoms with E-state index in [9.17, 15) is 0 Å². The summed E-state index contributed by atoms with van der Waals surface area (Å²) < 4.78 is 5.39. The van der Waals surface area contributed by atoms with Crippen LogP contribution in [0, 0.1) is 0 Å². The maximum Gasteiger partial charge on any atom is 0.266 e. The Bertz CT molecular complexity index is 386. The van der Waals surface area contributed by atoms with Crippen molar-refractivity contribution in [3.05, 3.63) is 36.5 Å². The van der Waals surface area contributed by atoms with Gasteiger partial charge in [0.15, 0.2) is 5.76 Å². The number of nitrogens with zero attached hydrogens (tertiary/aromatic N) is 1. The smallest absolute Gasteiger partial charge is 0.266 e. The van der Waals surface area contributed by atoms with Gasteiger partial charge in [-0.25, -0.2) is 4.98 Å². The molecule has 66 valence electrons. The molecular formula is C9H7NOS2. The molecule has 1 aromatic heterocycles. The van der Waals surface area contributed by atoms with Crippen LogP contribution in [0.4, 0.5) is 0 Å². The Morgan fingerprint density at radius 2 is 2.00 bits per heavy atom. The van der Waals surface area contributed by atoms with E-state index in [0.717, 1.165) is 11.3 Å². The van der Waals surface area contributed by atoms with E-state index in [2.05, 4.69) is 16.6 Å². The van der Waals surface area contributed by atoms with Crippen molar-refractivity contribution in [3.63, 3.8) is 0 Å². The molecule has 0 radical (unpaired) electrons. The lowest BCUT2D eigenvalue weighted by molar-refractivity contribution is 0.468. The third kappa shape index (κ3) is 1.89. The van der Waals surface area contributed by atoms with Crippen molar-refractivity contribution in [2.75, 3.05) is 0 Å². The van der Waals surface area contributed by atoms with Gasteiger partial charge in [-0.15, -0.1) is 11.7 Å². The molecule has 0 saturated heterocycles. The van der Waals surface area contributed by atoms with Crippen LogP contribution < -0.4 is 0 Å². The molecule has 0 unspecified atom stereocenters. The molecule has 1 aromatic carbocycles. The summed E-state index contributed by atoms with van der Waals surface area (Å²) in [5.74, 6) is 0.775. The Hall–Kier alpha value is -0.870. The number of rotatable bonds is 2. The summed E-state index contributed by atoms with van der Waals surface area (Å²) in [5, 5.41) is 0.571. The van der Waals surface area contributed by atoms with Gasteiger partial charge in [-0.3, -0.25) is 0 Å². The van der Waals surface area contributed by atoms with Crippen LogP contribution in [0.25, 0.3) is 11.3 Å². The molecule has 0 bridgehead atoms. The molecular weight excluding hydrogens is 202 g/mol. The zero-order valence-corrected chi connectivity index (χ0v) is 8.39. The maximum atomic E-state index is 5.39. The van der Waals surface area contributed by atoms with Gasteiger partial charge < -0.3 is 4.42 Å². The molecule has 0 saturated carbocycles. The van der Waals surface area contributed by atoms with Crippen LogP contribution in [-0.2, 0) is 0 Å². The number of thiol groups is 1. The monoisotopic (exact) mass is 209 g/mol. The second-order valence-corrected chi connectivity index (χ2v) is 3.53. The molecule has 0 N–H and O–H groups in total. The van der Waals surface area contributed by atoms with Crippen LogP contribution in [0.3, 0.4) is 0 Å². The molecule has 2 nitrogen and oxygen atoms in total. The molecule has 0 fully saturated rings. The minimum absolute atomic E-state index is 0.571. The third-order valence-electron chi connectivity index (χ3n) is 1.62. The highest BCUT2D eigenvalue weighted by molar-refractivity contribution is 8.68. The highest BCUT2D eigenvalue weighted by atomic mass is 33.1. The van der Waals surface area contributed by atoms with Crippen LogP contribution in [0.5, 0.6) is 0 Å². The van der Waals surface area contributed by atoms with Crippen LogP contribution >= 0.6 is 22.5 Å². The summed E-state index contributed by atoms with van der Waals surface area (Å²) in [6.07, 6.45) is 1.70. The minimum Gasteiger partial charge on any atom is -0.431 e. The fourth-order valence-corrected chi connectivity index (χ4v) is 1.52. The topological polar surface area (TPSA) is 26.0 Å². The largest absolute Gasteiger partial charge is 0.431 e. The molecule has 0 aliphatic carbocycles. The number of aromatic nitrogens is 1. The average molecular weight is 209 g/mol. The molecule has 0 spiro atoms.